The minimum Gasteiger partial charge on any atom is -0.335 e. The first-order chi connectivity index (χ1) is 10.6. The van der Waals surface area contributed by atoms with E-state index in [0.717, 1.165) is 22.7 Å². The highest BCUT2D eigenvalue weighted by atomic mass is 19.1. The summed E-state index contributed by atoms with van der Waals surface area (Å²) in [5.41, 5.74) is 3.46. The number of halogens is 3. The molecule has 2 aromatic carbocycles. The highest BCUT2D eigenvalue weighted by Crippen LogP contribution is 2.51. The van der Waals surface area contributed by atoms with E-state index in [4.69, 9.17) is 0 Å². The zero-order valence-electron chi connectivity index (χ0n) is 11.5. The van der Waals surface area contributed by atoms with Crippen molar-refractivity contribution in [3.05, 3.63) is 54.1 Å². The van der Waals surface area contributed by atoms with Gasteiger partial charge in [0.05, 0.1) is 5.52 Å². The first kappa shape index (κ1) is 11.9. The molecule has 0 fully saturated rings. The van der Waals surface area contributed by atoms with Gasteiger partial charge < -0.3 is 8.97 Å². The average molecular weight is 298 g/mol. The van der Waals surface area contributed by atoms with Crippen LogP contribution in [0.2, 0.25) is 0 Å². The average Bonchev–Trinajstić information content (AvgIpc) is 3.05. The summed E-state index contributed by atoms with van der Waals surface area (Å²) in [7, 11) is 1.86. The molecule has 0 spiro atoms. The van der Waals surface area contributed by atoms with Crippen molar-refractivity contribution in [3.63, 3.8) is 0 Å². The predicted octanol–water partition coefficient (Wildman–Crippen LogP) is 4.50. The summed E-state index contributed by atoms with van der Waals surface area (Å²) in [6, 6.07) is 4.91. The maximum absolute atomic E-state index is 14.3. The number of hydrogen-bond donors (Lipinski definition) is 0. The molecule has 1 aliphatic rings. The van der Waals surface area contributed by atoms with Crippen LogP contribution in [0.4, 0.5) is 13.2 Å². The fraction of sp³-hybridized carbons (Fsp3) is 0.0588. The molecule has 2 heterocycles. The van der Waals surface area contributed by atoms with Crippen LogP contribution < -0.4 is 0 Å². The van der Waals surface area contributed by atoms with Crippen LogP contribution in [0.15, 0.2) is 36.7 Å². The quantitative estimate of drug-likeness (QED) is 0.398. The van der Waals surface area contributed by atoms with Crippen LogP contribution in [0.5, 0.6) is 0 Å². The van der Waals surface area contributed by atoms with E-state index in [1.165, 1.54) is 18.2 Å². The molecular weight excluding hydrogens is 289 g/mol. The van der Waals surface area contributed by atoms with Gasteiger partial charge in [0, 0.05) is 42.0 Å². The Kier molecular flexibility index (Phi) is 1.92. The zero-order valence-corrected chi connectivity index (χ0v) is 11.5. The van der Waals surface area contributed by atoms with Gasteiger partial charge in [-0.1, -0.05) is 0 Å². The Morgan fingerprint density at radius 2 is 1.55 bits per heavy atom. The van der Waals surface area contributed by atoms with Crippen LogP contribution >= 0.6 is 0 Å². The van der Waals surface area contributed by atoms with Crippen molar-refractivity contribution < 1.29 is 13.2 Å². The van der Waals surface area contributed by atoms with Gasteiger partial charge in [0.15, 0.2) is 0 Å². The third-order valence-corrected chi connectivity index (χ3v) is 4.41. The van der Waals surface area contributed by atoms with Gasteiger partial charge in [0.1, 0.15) is 23.1 Å². The van der Waals surface area contributed by atoms with E-state index in [-0.39, 0.29) is 5.56 Å². The molecule has 5 rings (SSSR count). The first-order valence-corrected chi connectivity index (χ1v) is 6.84. The summed E-state index contributed by atoms with van der Waals surface area (Å²) >= 11 is 0. The Morgan fingerprint density at radius 3 is 2.36 bits per heavy atom. The number of benzene rings is 2. The molecule has 1 aliphatic carbocycles. The fourth-order valence-corrected chi connectivity index (χ4v) is 3.62. The molecule has 4 aromatic rings. The lowest BCUT2D eigenvalue weighted by Crippen LogP contribution is -1.92. The van der Waals surface area contributed by atoms with Crippen LogP contribution in [-0.2, 0) is 7.05 Å². The van der Waals surface area contributed by atoms with Gasteiger partial charge in [-0.3, -0.25) is 0 Å². The summed E-state index contributed by atoms with van der Waals surface area (Å²) in [5.74, 6) is -1.73. The van der Waals surface area contributed by atoms with E-state index in [9.17, 15) is 13.2 Å². The molecular formula is C17H9F3N2. The second-order valence-electron chi connectivity index (χ2n) is 5.64. The van der Waals surface area contributed by atoms with Crippen LogP contribution in [0.3, 0.4) is 0 Å². The number of aryl methyl sites for hydroxylation is 1. The molecule has 2 aromatic heterocycles. The molecule has 0 saturated heterocycles. The second-order valence-corrected chi connectivity index (χ2v) is 5.64. The smallest absolute Gasteiger partial charge is 0.134 e. The topological polar surface area (TPSA) is 9.34 Å². The molecule has 5 heteroatoms. The standard InChI is InChI=1S/C17H9F3N2/c1-21-2-3-22-13-7-9(19)5-10-14-11(4-8(18)6-12(14)20)16(15(10)13)17(21)22/h2-7H,1H3. The zero-order chi connectivity index (χ0) is 15.2. The molecule has 2 nitrogen and oxygen atoms in total. The minimum absolute atomic E-state index is 0.277. The lowest BCUT2D eigenvalue weighted by atomic mass is 10.0. The third kappa shape index (κ3) is 1.19. The Hall–Kier alpha value is -2.69. The lowest BCUT2D eigenvalue weighted by molar-refractivity contribution is 0.586. The third-order valence-electron chi connectivity index (χ3n) is 4.41. The lowest BCUT2D eigenvalue weighted by Gasteiger charge is -2.06. The van der Waals surface area contributed by atoms with Crippen molar-refractivity contribution in [2.45, 2.75) is 0 Å². The number of hydrogen-bond acceptors (Lipinski definition) is 0. The molecule has 0 atom stereocenters. The highest BCUT2D eigenvalue weighted by Gasteiger charge is 2.31. The van der Waals surface area contributed by atoms with E-state index < -0.39 is 17.5 Å². The van der Waals surface area contributed by atoms with Crippen LogP contribution in [-0.4, -0.2) is 8.97 Å². The van der Waals surface area contributed by atoms with Crippen LogP contribution in [0.25, 0.3) is 38.8 Å². The molecule has 0 unspecified atom stereocenters. The summed E-state index contributed by atoms with van der Waals surface area (Å²) in [5, 5.41) is 0.770. The van der Waals surface area contributed by atoms with E-state index in [2.05, 4.69) is 0 Å². The Balaban J connectivity index is 2.14. The van der Waals surface area contributed by atoms with Gasteiger partial charge in [0.25, 0.3) is 0 Å². The number of nitrogens with zero attached hydrogens (tertiary/aromatic N) is 2. The maximum atomic E-state index is 14.3. The SMILES string of the molecule is Cn1ccn2c3cc(F)cc4c3c(c12)-c1cc(F)cc(F)c1-4. The van der Waals surface area contributed by atoms with Crippen molar-refractivity contribution in [2.24, 2.45) is 7.05 Å². The second kappa shape index (κ2) is 3.55. The number of rotatable bonds is 0. The van der Waals surface area contributed by atoms with Gasteiger partial charge in [-0.25, -0.2) is 13.2 Å². The summed E-state index contributed by atoms with van der Waals surface area (Å²) in [4.78, 5) is 0. The Bertz CT molecular complexity index is 1120. The Labute approximate surface area is 123 Å². The largest absolute Gasteiger partial charge is 0.335 e. The van der Waals surface area contributed by atoms with Crippen LogP contribution in [0.1, 0.15) is 0 Å². The highest BCUT2D eigenvalue weighted by molar-refractivity contribution is 6.20. The van der Waals surface area contributed by atoms with Crippen molar-refractivity contribution in [2.75, 3.05) is 0 Å². The molecule has 0 amide bonds. The van der Waals surface area contributed by atoms with E-state index in [1.807, 2.05) is 28.4 Å². The molecule has 0 radical (unpaired) electrons. The van der Waals surface area contributed by atoms with Gasteiger partial charge in [-0.15, -0.1) is 0 Å². The monoisotopic (exact) mass is 298 g/mol. The molecule has 0 saturated carbocycles. The molecule has 0 aliphatic heterocycles. The van der Waals surface area contributed by atoms with Gasteiger partial charge in [-0.2, -0.15) is 0 Å². The van der Waals surface area contributed by atoms with Gasteiger partial charge in [-0.05, 0) is 29.3 Å². The number of aromatic nitrogens is 2. The van der Waals surface area contributed by atoms with E-state index in [0.29, 0.717) is 16.6 Å². The molecule has 22 heavy (non-hydrogen) atoms. The van der Waals surface area contributed by atoms with Crippen molar-refractivity contribution in [1.29, 1.82) is 0 Å². The maximum Gasteiger partial charge on any atom is 0.134 e. The molecule has 108 valence electrons. The minimum atomic E-state index is -0.662. The van der Waals surface area contributed by atoms with Crippen LogP contribution in [0, 0.1) is 17.5 Å². The predicted molar refractivity (Wildman–Crippen MR) is 78.2 cm³/mol. The normalized spacial score (nSPS) is 12.5. The molecule has 0 bridgehead atoms. The summed E-state index contributed by atoms with van der Waals surface area (Å²) in [6.45, 7) is 0. The number of imidazole rings is 1. The summed E-state index contributed by atoms with van der Waals surface area (Å²) in [6.07, 6.45) is 3.66. The number of fused-ring (bicyclic) bond motifs is 6. The van der Waals surface area contributed by atoms with E-state index >= 15 is 0 Å². The van der Waals surface area contributed by atoms with Gasteiger partial charge >= 0.3 is 0 Å². The first-order valence-electron chi connectivity index (χ1n) is 6.84. The molecule has 0 N–H and O–H groups in total. The summed E-state index contributed by atoms with van der Waals surface area (Å²) < 4.78 is 45.7. The van der Waals surface area contributed by atoms with Crippen molar-refractivity contribution in [3.8, 4) is 22.3 Å². The van der Waals surface area contributed by atoms with Crippen molar-refractivity contribution >= 4 is 16.6 Å². The van der Waals surface area contributed by atoms with Crippen molar-refractivity contribution in [1.82, 2.24) is 8.97 Å². The van der Waals surface area contributed by atoms with E-state index in [1.54, 1.807) is 0 Å². The Morgan fingerprint density at radius 1 is 0.818 bits per heavy atom. The van der Waals surface area contributed by atoms with Gasteiger partial charge in [0.2, 0.25) is 0 Å². The fourth-order valence-electron chi connectivity index (χ4n) is 3.62.